The molecule has 0 atom stereocenters. The summed E-state index contributed by atoms with van der Waals surface area (Å²) in [6.45, 7) is 2.95. The van der Waals surface area contributed by atoms with Crippen LogP contribution in [0.5, 0.6) is 5.75 Å². The van der Waals surface area contributed by atoms with Gasteiger partial charge in [-0.05, 0) is 19.1 Å². The van der Waals surface area contributed by atoms with Crippen molar-refractivity contribution >= 4 is 12.0 Å². The van der Waals surface area contributed by atoms with Gasteiger partial charge in [-0.1, -0.05) is 0 Å². The molecule has 0 aromatic heterocycles. The maximum atomic E-state index is 10.7. The highest BCUT2D eigenvalue weighted by molar-refractivity contribution is 5.76. The van der Waals surface area contributed by atoms with Crippen molar-refractivity contribution in [2.24, 2.45) is 0 Å². The number of ether oxygens (including phenoxy) is 2. The summed E-state index contributed by atoms with van der Waals surface area (Å²) in [5, 5.41) is 10.7. The first-order valence-electron chi connectivity index (χ1n) is 5.13. The van der Waals surface area contributed by atoms with Gasteiger partial charge >= 0.3 is 5.69 Å². The molecule has 0 fully saturated rings. The van der Waals surface area contributed by atoms with Crippen molar-refractivity contribution in [1.82, 2.24) is 0 Å². The summed E-state index contributed by atoms with van der Waals surface area (Å²) in [5.74, 6) is 0.0827. The van der Waals surface area contributed by atoms with E-state index in [0.29, 0.717) is 25.1 Å². The number of carbonyl (C=O) groups excluding carboxylic acids is 1. The number of nitro benzene ring substituents is 1. The molecule has 92 valence electrons. The minimum atomic E-state index is -0.551. The van der Waals surface area contributed by atoms with E-state index >= 15 is 0 Å². The second-order valence-corrected chi connectivity index (χ2v) is 3.15. The van der Waals surface area contributed by atoms with Gasteiger partial charge in [0.2, 0.25) is 0 Å². The van der Waals surface area contributed by atoms with Crippen LogP contribution in [0.2, 0.25) is 0 Å². The molecule has 1 aromatic carbocycles. The summed E-state index contributed by atoms with van der Waals surface area (Å²) < 4.78 is 10.3. The Morgan fingerprint density at radius 3 is 2.76 bits per heavy atom. The average molecular weight is 239 g/mol. The van der Waals surface area contributed by atoms with E-state index in [2.05, 4.69) is 0 Å². The van der Waals surface area contributed by atoms with Crippen LogP contribution in [0, 0.1) is 10.1 Å². The van der Waals surface area contributed by atoms with E-state index in [1.165, 1.54) is 18.2 Å². The molecule has 0 spiro atoms. The highest BCUT2D eigenvalue weighted by Gasteiger charge is 2.15. The summed E-state index contributed by atoms with van der Waals surface area (Å²) in [7, 11) is 0. The van der Waals surface area contributed by atoms with E-state index in [1.54, 1.807) is 0 Å². The Bertz CT molecular complexity index is 405. The smallest absolute Gasteiger partial charge is 0.310 e. The Hall–Kier alpha value is -1.95. The average Bonchev–Trinajstić information content (AvgIpc) is 2.34. The van der Waals surface area contributed by atoms with Crippen LogP contribution in [0.25, 0.3) is 0 Å². The first kappa shape index (κ1) is 13.1. The second-order valence-electron chi connectivity index (χ2n) is 3.15. The number of hydrogen-bond acceptors (Lipinski definition) is 5. The minimum absolute atomic E-state index is 0.0827. The van der Waals surface area contributed by atoms with Crippen LogP contribution in [-0.4, -0.2) is 31.0 Å². The molecule has 0 radical (unpaired) electrons. The second kappa shape index (κ2) is 6.59. The molecule has 0 heterocycles. The molecule has 0 aliphatic rings. The van der Waals surface area contributed by atoms with Gasteiger partial charge in [0.1, 0.15) is 12.9 Å². The quantitative estimate of drug-likeness (QED) is 0.314. The molecule has 1 rings (SSSR count). The highest BCUT2D eigenvalue weighted by Crippen LogP contribution is 2.27. The van der Waals surface area contributed by atoms with Gasteiger partial charge in [-0.25, -0.2) is 0 Å². The third-order valence-electron chi connectivity index (χ3n) is 2.01. The maximum Gasteiger partial charge on any atom is 0.310 e. The van der Waals surface area contributed by atoms with E-state index in [0.717, 1.165) is 0 Å². The first-order valence-corrected chi connectivity index (χ1v) is 5.13. The van der Waals surface area contributed by atoms with Crippen molar-refractivity contribution in [3.8, 4) is 5.75 Å². The standard InChI is InChI=1S/C11H13NO5/c1-2-16-5-6-17-11-7-9(8-13)3-4-10(11)12(14)15/h3-4,7-8H,2,5-6H2,1H3. The number of hydrogen-bond donors (Lipinski definition) is 0. The zero-order valence-corrected chi connectivity index (χ0v) is 9.42. The van der Waals surface area contributed by atoms with Crippen molar-refractivity contribution in [2.75, 3.05) is 19.8 Å². The Balaban J connectivity index is 2.78. The Morgan fingerprint density at radius 2 is 2.18 bits per heavy atom. The molecule has 0 N–H and O–H groups in total. The molecule has 6 heteroatoms. The summed E-state index contributed by atoms with van der Waals surface area (Å²) in [5.41, 5.74) is 0.175. The zero-order chi connectivity index (χ0) is 12.7. The summed E-state index contributed by atoms with van der Waals surface area (Å²) in [4.78, 5) is 20.7. The lowest BCUT2D eigenvalue weighted by atomic mass is 10.2. The molecule has 0 amide bonds. The van der Waals surface area contributed by atoms with Crippen LogP contribution < -0.4 is 4.74 Å². The largest absolute Gasteiger partial charge is 0.484 e. The van der Waals surface area contributed by atoms with E-state index in [4.69, 9.17) is 9.47 Å². The van der Waals surface area contributed by atoms with E-state index in [-0.39, 0.29) is 18.0 Å². The lowest BCUT2D eigenvalue weighted by Gasteiger charge is -2.07. The highest BCUT2D eigenvalue weighted by atomic mass is 16.6. The van der Waals surface area contributed by atoms with Gasteiger partial charge in [0.05, 0.1) is 11.5 Å². The zero-order valence-electron chi connectivity index (χ0n) is 9.42. The number of aldehydes is 1. The van der Waals surface area contributed by atoms with E-state index < -0.39 is 4.92 Å². The third kappa shape index (κ3) is 3.84. The molecule has 0 aliphatic heterocycles. The number of rotatable bonds is 7. The van der Waals surface area contributed by atoms with Gasteiger partial charge < -0.3 is 9.47 Å². The van der Waals surface area contributed by atoms with Crippen molar-refractivity contribution in [3.05, 3.63) is 33.9 Å². The molecule has 6 nitrogen and oxygen atoms in total. The summed E-state index contributed by atoms with van der Waals surface area (Å²) in [6, 6.07) is 3.97. The summed E-state index contributed by atoms with van der Waals surface area (Å²) >= 11 is 0. The van der Waals surface area contributed by atoms with Gasteiger partial charge in [-0.2, -0.15) is 0 Å². The molecular weight excluding hydrogens is 226 g/mol. The maximum absolute atomic E-state index is 10.7. The van der Waals surface area contributed by atoms with Crippen LogP contribution >= 0.6 is 0 Å². The van der Waals surface area contributed by atoms with Gasteiger partial charge in [0, 0.05) is 18.2 Å². The van der Waals surface area contributed by atoms with Crippen molar-refractivity contribution in [3.63, 3.8) is 0 Å². The normalized spacial score (nSPS) is 9.94. The monoisotopic (exact) mass is 239 g/mol. The number of carbonyl (C=O) groups is 1. The Morgan fingerprint density at radius 1 is 1.41 bits per heavy atom. The Labute approximate surface area is 98.3 Å². The van der Waals surface area contributed by atoms with Crippen LogP contribution in [0.1, 0.15) is 17.3 Å². The van der Waals surface area contributed by atoms with Gasteiger partial charge in [-0.3, -0.25) is 14.9 Å². The molecule has 0 bridgehead atoms. The Kier molecular flexibility index (Phi) is 5.09. The van der Waals surface area contributed by atoms with E-state index in [1.807, 2.05) is 6.92 Å². The van der Waals surface area contributed by atoms with Crippen molar-refractivity contribution < 1.29 is 19.2 Å². The fourth-order valence-electron chi connectivity index (χ4n) is 1.23. The fraction of sp³-hybridized carbons (Fsp3) is 0.364. The van der Waals surface area contributed by atoms with Gasteiger partial charge in [-0.15, -0.1) is 0 Å². The number of benzene rings is 1. The molecule has 17 heavy (non-hydrogen) atoms. The lowest BCUT2D eigenvalue weighted by Crippen LogP contribution is -2.07. The van der Waals surface area contributed by atoms with Crippen molar-refractivity contribution in [2.45, 2.75) is 6.92 Å². The van der Waals surface area contributed by atoms with Crippen LogP contribution in [0.15, 0.2) is 18.2 Å². The predicted molar refractivity (Wildman–Crippen MR) is 60.5 cm³/mol. The number of nitrogens with zero attached hydrogens (tertiary/aromatic N) is 1. The fourth-order valence-corrected chi connectivity index (χ4v) is 1.23. The molecule has 0 unspecified atom stereocenters. The van der Waals surface area contributed by atoms with Crippen LogP contribution in [0.3, 0.4) is 0 Å². The third-order valence-corrected chi connectivity index (χ3v) is 2.01. The van der Waals surface area contributed by atoms with Gasteiger partial charge in [0.25, 0.3) is 0 Å². The van der Waals surface area contributed by atoms with Crippen molar-refractivity contribution in [1.29, 1.82) is 0 Å². The van der Waals surface area contributed by atoms with Crippen LogP contribution in [0.4, 0.5) is 5.69 Å². The SMILES string of the molecule is CCOCCOc1cc(C=O)ccc1[N+](=O)[O-]. The molecule has 0 saturated carbocycles. The topological polar surface area (TPSA) is 78.7 Å². The summed E-state index contributed by atoms with van der Waals surface area (Å²) in [6.07, 6.45) is 0.610. The predicted octanol–water partition coefficient (Wildman–Crippen LogP) is 1.82. The first-order chi connectivity index (χ1) is 8.19. The molecule has 1 aromatic rings. The van der Waals surface area contributed by atoms with Crippen LogP contribution in [-0.2, 0) is 4.74 Å². The number of nitro groups is 1. The minimum Gasteiger partial charge on any atom is -0.484 e. The lowest BCUT2D eigenvalue weighted by molar-refractivity contribution is -0.385. The van der Waals surface area contributed by atoms with Gasteiger partial charge in [0.15, 0.2) is 5.75 Å². The molecule has 0 aliphatic carbocycles. The molecule has 0 saturated heterocycles. The molecular formula is C11H13NO5. The van der Waals surface area contributed by atoms with E-state index in [9.17, 15) is 14.9 Å².